The van der Waals surface area contributed by atoms with Gasteiger partial charge in [-0.15, -0.1) is 0 Å². The van der Waals surface area contributed by atoms with Gasteiger partial charge in [0.05, 0.1) is 7.11 Å². The van der Waals surface area contributed by atoms with Gasteiger partial charge in [-0.25, -0.2) is 0 Å². The van der Waals surface area contributed by atoms with Crippen molar-refractivity contribution in [2.24, 2.45) is 0 Å². The van der Waals surface area contributed by atoms with Crippen LogP contribution in [0.5, 0.6) is 0 Å². The van der Waals surface area contributed by atoms with E-state index in [0.29, 0.717) is 6.54 Å². The van der Waals surface area contributed by atoms with Gasteiger partial charge in [-0.05, 0) is 19.1 Å². The molecule has 0 radical (unpaired) electrons. The maximum atomic E-state index is 11.3. The van der Waals surface area contributed by atoms with E-state index in [4.69, 9.17) is 0 Å². The Balaban J connectivity index is 2.66. The van der Waals surface area contributed by atoms with Crippen LogP contribution in [0.1, 0.15) is 6.92 Å². The fourth-order valence-electron chi connectivity index (χ4n) is 1.45. The van der Waals surface area contributed by atoms with Crippen LogP contribution in [-0.4, -0.2) is 31.0 Å². The van der Waals surface area contributed by atoms with Crippen LogP contribution in [0.15, 0.2) is 30.3 Å². The molecule has 1 atom stereocenters. The maximum Gasteiger partial charge on any atom is 0.321 e. The number of para-hydroxylation sites is 1. The molecular weight excluding hydrogens is 270 g/mol. The molecule has 0 heterocycles. The maximum absolute atomic E-state index is 11.3. The highest BCUT2D eigenvalue weighted by Gasteiger charge is 2.18. The van der Waals surface area contributed by atoms with Crippen LogP contribution in [-0.2, 0) is 9.53 Å². The molecule has 0 aliphatic carbocycles. The summed E-state index contributed by atoms with van der Waals surface area (Å²) >= 11 is 3.33. The third kappa shape index (κ3) is 3.52. The van der Waals surface area contributed by atoms with E-state index in [1.807, 2.05) is 30.3 Å². The Kier molecular flexibility index (Phi) is 5.32. The molecule has 0 aliphatic heterocycles. The van der Waals surface area contributed by atoms with Gasteiger partial charge in [0.15, 0.2) is 0 Å². The monoisotopic (exact) mass is 285 g/mol. The molecule has 0 amide bonds. The minimum Gasteiger partial charge on any atom is -0.468 e. The van der Waals surface area contributed by atoms with Crippen molar-refractivity contribution in [1.82, 2.24) is 0 Å². The van der Waals surface area contributed by atoms with Gasteiger partial charge in [-0.1, -0.05) is 34.1 Å². The standard InChI is InChI=1S/C12H16BrNO2/c1-3-14(9-11(13)12(15)16-2)10-7-5-4-6-8-10/h4-8,11H,3,9H2,1-2H3/t11-/m0/s1. The minimum absolute atomic E-state index is 0.241. The number of rotatable bonds is 5. The van der Waals surface area contributed by atoms with E-state index in [9.17, 15) is 4.79 Å². The average Bonchev–Trinajstić information content (AvgIpc) is 2.35. The number of anilines is 1. The summed E-state index contributed by atoms with van der Waals surface area (Å²) in [4.78, 5) is 13.1. The highest BCUT2D eigenvalue weighted by molar-refractivity contribution is 9.10. The molecule has 0 saturated carbocycles. The smallest absolute Gasteiger partial charge is 0.321 e. The quantitative estimate of drug-likeness (QED) is 0.615. The molecule has 88 valence electrons. The van der Waals surface area contributed by atoms with E-state index in [0.717, 1.165) is 12.2 Å². The van der Waals surface area contributed by atoms with Crippen molar-refractivity contribution >= 4 is 27.6 Å². The number of methoxy groups -OCH3 is 1. The number of carbonyl (C=O) groups is 1. The number of nitrogens with zero attached hydrogens (tertiary/aromatic N) is 1. The Morgan fingerprint density at radius 2 is 2.06 bits per heavy atom. The van der Waals surface area contributed by atoms with Gasteiger partial charge >= 0.3 is 5.97 Å². The number of ether oxygens (including phenoxy) is 1. The lowest BCUT2D eigenvalue weighted by molar-refractivity contribution is -0.139. The third-order valence-corrected chi connectivity index (χ3v) is 3.00. The second-order valence-electron chi connectivity index (χ2n) is 3.36. The highest BCUT2D eigenvalue weighted by atomic mass is 79.9. The van der Waals surface area contributed by atoms with E-state index in [1.165, 1.54) is 7.11 Å². The second-order valence-corrected chi connectivity index (χ2v) is 4.47. The van der Waals surface area contributed by atoms with Crippen LogP contribution in [0.4, 0.5) is 5.69 Å². The number of halogens is 1. The van der Waals surface area contributed by atoms with Crippen molar-refractivity contribution in [2.75, 3.05) is 25.1 Å². The molecular formula is C12H16BrNO2. The lowest BCUT2D eigenvalue weighted by atomic mass is 10.2. The summed E-state index contributed by atoms with van der Waals surface area (Å²) in [5.41, 5.74) is 1.11. The van der Waals surface area contributed by atoms with Crippen LogP contribution in [0.25, 0.3) is 0 Å². The van der Waals surface area contributed by atoms with Crippen molar-refractivity contribution in [3.05, 3.63) is 30.3 Å². The van der Waals surface area contributed by atoms with Crippen LogP contribution < -0.4 is 4.90 Å². The van der Waals surface area contributed by atoms with Crippen molar-refractivity contribution in [2.45, 2.75) is 11.8 Å². The molecule has 0 aliphatic rings. The lowest BCUT2D eigenvalue weighted by Gasteiger charge is -2.24. The van der Waals surface area contributed by atoms with Gasteiger partial charge in [-0.2, -0.15) is 0 Å². The molecule has 0 fully saturated rings. The highest BCUT2D eigenvalue weighted by Crippen LogP contribution is 2.15. The van der Waals surface area contributed by atoms with Crippen LogP contribution in [0.3, 0.4) is 0 Å². The largest absolute Gasteiger partial charge is 0.468 e. The number of hydrogen-bond donors (Lipinski definition) is 0. The van der Waals surface area contributed by atoms with Crippen molar-refractivity contribution in [3.63, 3.8) is 0 Å². The number of hydrogen-bond acceptors (Lipinski definition) is 3. The molecule has 0 bridgehead atoms. The molecule has 1 aromatic carbocycles. The third-order valence-electron chi connectivity index (χ3n) is 2.34. The Morgan fingerprint density at radius 1 is 1.44 bits per heavy atom. The van der Waals surface area contributed by atoms with E-state index < -0.39 is 0 Å². The summed E-state index contributed by atoms with van der Waals surface area (Å²) in [5.74, 6) is -0.241. The summed E-state index contributed by atoms with van der Waals surface area (Å²) in [7, 11) is 1.40. The van der Waals surface area contributed by atoms with Gasteiger partial charge in [-0.3, -0.25) is 4.79 Å². The molecule has 0 spiro atoms. The van der Waals surface area contributed by atoms with Crippen LogP contribution >= 0.6 is 15.9 Å². The second kappa shape index (κ2) is 6.53. The van der Waals surface area contributed by atoms with Crippen LogP contribution in [0, 0.1) is 0 Å². The zero-order valence-corrected chi connectivity index (χ0v) is 11.1. The first-order valence-electron chi connectivity index (χ1n) is 5.21. The first kappa shape index (κ1) is 13.0. The van der Waals surface area contributed by atoms with E-state index in [2.05, 4.69) is 32.5 Å². The van der Waals surface area contributed by atoms with E-state index in [1.54, 1.807) is 0 Å². The summed E-state index contributed by atoms with van der Waals surface area (Å²) in [6.07, 6.45) is 0. The number of carbonyl (C=O) groups excluding carboxylic acids is 1. The SMILES string of the molecule is CCN(C[C@H](Br)C(=O)OC)c1ccccc1. The zero-order valence-electron chi connectivity index (χ0n) is 9.52. The minimum atomic E-state index is -0.294. The molecule has 0 saturated heterocycles. The van der Waals surface area contributed by atoms with Crippen molar-refractivity contribution in [1.29, 1.82) is 0 Å². The zero-order chi connectivity index (χ0) is 12.0. The lowest BCUT2D eigenvalue weighted by Crippen LogP contribution is -2.34. The number of alkyl halides is 1. The van der Waals surface area contributed by atoms with Crippen molar-refractivity contribution in [3.8, 4) is 0 Å². The molecule has 3 nitrogen and oxygen atoms in total. The molecule has 1 aromatic rings. The van der Waals surface area contributed by atoms with E-state index >= 15 is 0 Å². The molecule has 0 unspecified atom stereocenters. The van der Waals surface area contributed by atoms with Gasteiger partial charge < -0.3 is 9.64 Å². The first-order chi connectivity index (χ1) is 7.69. The summed E-state index contributed by atoms with van der Waals surface area (Å²) in [6.45, 7) is 3.51. The molecule has 1 rings (SSSR count). The predicted molar refractivity (Wildman–Crippen MR) is 69.1 cm³/mol. The Morgan fingerprint density at radius 3 is 2.56 bits per heavy atom. The van der Waals surface area contributed by atoms with Gasteiger partial charge in [0.1, 0.15) is 4.83 Å². The van der Waals surface area contributed by atoms with Gasteiger partial charge in [0.2, 0.25) is 0 Å². The summed E-state index contributed by atoms with van der Waals surface area (Å²) in [6, 6.07) is 10.0. The fraction of sp³-hybridized carbons (Fsp3) is 0.417. The number of benzene rings is 1. The van der Waals surface area contributed by atoms with Gasteiger partial charge in [0.25, 0.3) is 0 Å². The average molecular weight is 286 g/mol. The Hall–Kier alpha value is -1.03. The Labute approximate surface area is 105 Å². The first-order valence-corrected chi connectivity index (χ1v) is 6.12. The van der Waals surface area contributed by atoms with E-state index in [-0.39, 0.29) is 10.8 Å². The van der Waals surface area contributed by atoms with Crippen molar-refractivity contribution < 1.29 is 9.53 Å². The normalized spacial score (nSPS) is 11.9. The molecule has 16 heavy (non-hydrogen) atoms. The molecule has 0 aromatic heterocycles. The summed E-state index contributed by atoms with van der Waals surface area (Å²) < 4.78 is 4.68. The van der Waals surface area contributed by atoms with Gasteiger partial charge in [0, 0.05) is 18.8 Å². The summed E-state index contributed by atoms with van der Waals surface area (Å²) in [5, 5.41) is 0. The molecule has 4 heteroatoms. The Bertz CT molecular complexity index is 329. The topological polar surface area (TPSA) is 29.5 Å². The molecule has 0 N–H and O–H groups in total. The van der Waals surface area contributed by atoms with Crippen LogP contribution in [0.2, 0.25) is 0 Å². The fourth-order valence-corrected chi connectivity index (χ4v) is 1.99. The number of esters is 1. The predicted octanol–water partition coefficient (Wildman–Crippen LogP) is 2.45.